The number of carbonyl (C=O) groups is 2. The molecule has 1 aliphatic heterocycles. The topological polar surface area (TPSA) is 125 Å². The van der Waals surface area contributed by atoms with Gasteiger partial charge in [-0.15, -0.1) is 0 Å². The maximum Gasteiger partial charge on any atom is 0.457 e. The van der Waals surface area contributed by atoms with E-state index in [1.807, 2.05) is 0 Å². The highest BCUT2D eigenvalue weighted by molar-refractivity contribution is 7.55. The van der Waals surface area contributed by atoms with Crippen LogP contribution in [0.5, 0.6) is 11.5 Å². The van der Waals surface area contributed by atoms with Crippen LogP contribution in [0.25, 0.3) is 0 Å². The molecule has 0 fully saturated rings. The van der Waals surface area contributed by atoms with E-state index < -0.39 is 49.5 Å². The standard InChI is InChI=1S/C22H23F3N3O5P/c23-22(24,25)17-13-14-28(20(30)18(26)11-12-19(27)29)21(17)34(31,32-15-7-3-1-4-8-15)33-16-9-5-2-6-10-16/h1-10,13,18,21H,11-12,14,26H2,(H2,27,29)/t18-,21?/m0/s1. The SMILES string of the molecule is NC(=O)CC[C@H](N)C(=O)N1CC=C(C(F)(F)F)C1P(=O)(Oc1ccccc1)Oc1ccccc1. The van der Waals surface area contributed by atoms with Gasteiger partial charge in [-0.05, 0) is 30.7 Å². The predicted molar refractivity (Wildman–Crippen MR) is 118 cm³/mol. The van der Waals surface area contributed by atoms with Gasteiger partial charge in [0.2, 0.25) is 11.8 Å². The molecule has 34 heavy (non-hydrogen) atoms. The molecule has 0 bridgehead atoms. The van der Waals surface area contributed by atoms with E-state index in [0.717, 1.165) is 6.08 Å². The van der Waals surface area contributed by atoms with Gasteiger partial charge >= 0.3 is 13.8 Å². The van der Waals surface area contributed by atoms with Crippen LogP contribution in [0.3, 0.4) is 0 Å². The minimum Gasteiger partial charge on any atom is -0.414 e. The zero-order valence-electron chi connectivity index (χ0n) is 17.9. The van der Waals surface area contributed by atoms with Gasteiger partial charge in [0, 0.05) is 13.0 Å². The maximum atomic E-state index is 14.1. The van der Waals surface area contributed by atoms with Crippen molar-refractivity contribution in [2.24, 2.45) is 11.5 Å². The summed E-state index contributed by atoms with van der Waals surface area (Å²) in [6.07, 6.45) is -4.63. The smallest absolute Gasteiger partial charge is 0.414 e. The molecule has 2 aromatic rings. The van der Waals surface area contributed by atoms with Crippen molar-refractivity contribution in [1.29, 1.82) is 0 Å². The fraction of sp³-hybridized carbons (Fsp3) is 0.273. The quantitative estimate of drug-likeness (QED) is 0.403. The van der Waals surface area contributed by atoms with Crippen molar-refractivity contribution in [3.8, 4) is 11.5 Å². The Morgan fingerprint density at radius 1 is 1.03 bits per heavy atom. The number of primary amides is 1. The van der Waals surface area contributed by atoms with Crippen LogP contribution >= 0.6 is 7.60 Å². The van der Waals surface area contributed by atoms with Crippen LogP contribution in [0.1, 0.15) is 12.8 Å². The summed E-state index contributed by atoms with van der Waals surface area (Å²) in [6.45, 7) is -0.525. The first-order chi connectivity index (χ1) is 16.0. The summed E-state index contributed by atoms with van der Waals surface area (Å²) < 4.78 is 67.2. The monoisotopic (exact) mass is 497 g/mol. The zero-order chi connectivity index (χ0) is 24.9. The molecular weight excluding hydrogens is 474 g/mol. The number of para-hydroxylation sites is 2. The van der Waals surface area contributed by atoms with Crippen molar-refractivity contribution in [3.05, 3.63) is 72.3 Å². The van der Waals surface area contributed by atoms with E-state index in [9.17, 15) is 27.3 Å². The molecule has 0 aromatic heterocycles. The average Bonchev–Trinajstić information content (AvgIpc) is 3.25. The third-order valence-electron chi connectivity index (χ3n) is 4.96. The highest BCUT2D eigenvalue weighted by atomic mass is 31.2. The van der Waals surface area contributed by atoms with Gasteiger partial charge in [-0.25, -0.2) is 4.57 Å². The number of hydrogen-bond acceptors (Lipinski definition) is 6. The normalized spacial score (nSPS) is 17.1. The van der Waals surface area contributed by atoms with E-state index in [4.69, 9.17) is 20.5 Å². The second-order valence-electron chi connectivity index (χ2n) is 7.48. The molecule has 2 amide bonds. The highest BCUT2D eigenvalue weighted by Crippen LogP contribution is 2.59. The molecule has 0 aliphatic carbocycles. The van der Waals surface area contributed by atoms with Gasteiger partial charge in [0.15, 0.2) is 5.78 Å². The van der Waals surface area contributed by atoms with Crippen LogP contribution < -0.4 is 20.5 Å². The molecule has 0 saturated carbocycles. The number of nitrogens with zero attached hydrogens (tertiary/aromatic N) is 1. The van der Waals surface area contributed by atoms with Gasteiger partial charge in [0.25, 0.3) is 0 Å². The van der Waals surface area contributed by atoms with Crippen LogP contribution in [0.4, 0.5) is 13.2 Å². The fourth-order valence-electron chi connectivity index (χ4n) is 3.39. The summed E-state index contributed by atoms with van der Waals surface area (Å²) in [6, 6.07) is 13.7. The lowest BCUT2D eigenvalue weighted by Gasteiger charge is -2.34. The van der Waals surface area contributed by atoms with Crippen LogP contribution in [0.2, 0.25) is 0 Å². The lowest BCUT2D eigenvalue weighted by atomic mass is 10.1. The minimum atomic E-state index is -4.94. The summed E-state index contributed by atoms with van der Waals surface area (Å²) in [5.41, 5.74) is 9.66. The largest absolute Gasteiger partial charge is 0.457 e. The first-order valence-electron chi connectivity index (χ1n) is 10.2. The molecular formula is C22H23F3N3O5P. The number of carbonyl (C=O) groups excluding carboxylic acids is 2. The molecule has 0 spiro atoms. The van der Waals surface area contributed by atoms with Crippen molar-refractivity contribution >= 4 is 19.4 Å². The summed E-state index contributed by atoms with van der Waals surface area (Å²) in [5.74, 6) is -3.82. The molecule has 1 heterocycles. The number of hydrogen-bond donors (Lipinski definition) is 2. The number of nitrogens with two attached hydrogens (primary N) is 2. The number of amides is 2. The Kier molecular flexibility index (Phi) is 7.68. The second-order valence-corrected chi connectivity index (χ2v) is 9.42. The molecule has 3 rings (SSSR count). The van der Waals surface area contributed by atoms with E-state index in [1.165, 1.54) is 24.3 Å². The van der Waals surface area contributed by atoms with E-state index in [-0.39, 0.29) is 24.3 Å². The molecule has 2 atom stereocenters. The van der Waals surface area contributed by atoms with Crippen molar-refractivity contribution in [2.75, 3.05) is 6.54 Å². The minimum absolute atomic E-state index is 0.0133. The number of benzene rings is 2. The Hall–Kier alpha value is -3.30. The van der Waals surface area contributed by atoms with Crippen LogP contribution in [0.15, 0.2) is 72.3 Å². The summed E-state index contributed by atoms with van der Waals surface area (Å²) in [5, 5.41) is 0. The van der Waals surface area contributed by atoms with Crippen molar-refractivity contribution in [3.63, 3.8) is 0 Å². The Balaban J connectivity index is 2.04. The Morgan fingerprint density at radius 2 is 1.53 bits per heavy atom. The highest BCUT2D eigenvalue weighted by Gasteiger charge is 2.57. The second kappa shape index (κ2) is 10.3. The van der Waals surface area contributed by atoms with Gasteiger partial charge in [0.05, 0.1) is 11.6 Å². The van der Waals surface area contributed by atoms with Crippen molar-refractivity contribution < 1.29 is 36.4 Å². The Labute approximate surface area is 193 Å². The van der Waals surface area contributed by atoms with Gasteiger partial charge in [0.1, 0.15) is 11.5 Å². The zero-order valence-corrected chi connectivity index (χ0v) is 18.7. The molecule has 1 unspecified atom stereocenters. The predicted octanol–water partition coefficient (Wildman–Crippen LogP) is 3.59. The van der Waals surface area contributed by atoms with Gasteiger partial charge in [-0.2, -0.15) is 13.2 Å². The van der Waals surface area contributed by atoms with Crippen molar-refractivity contribution in [2.45, 2.75) is 30.8 Å². The summed E-state index contributed by atoms with van der Waals surface area (Å²) in [4.78, 5) is 24.8. The summed E-state index contributed by atoms with van der Waals surface area (Å²) >= 11 is 0. The third kappa shape index (κ3) is 5.98. The molecule has 0 radical (unpaired) electrons. The van der Waals surface area contributed by atoms with Crippen LogP contribution in [-0.2, 0) is 14.2 Å². The first kappa shape index (κ1) is 25.3. The number of rotatable bonds is 9. The fourth-order valence-corrected chi connectivity index (χ4v) is 5.60. The van der Waals surface area contributed by atoms with E-state index in [2.05, 4.69) is 0 Å². The molecule has 0 saturated heterocycles. The summed E-state index contributed by atoms with van der Waals surface area (Å²) in [7, 11) is -4.78. The van der Waals surface area contributed by atoms with Gasteiger partial charge in [-0.3, -0.25) is 9.59 Å². The first-order valence-corrected chi connectivity index (χ1v) is 11.8. The molecule has 4 N–H and O–H groups in total. The van der Waals surface area contributed by atoms with Crippen LogP contribution in [0, 0.1) is 0 Å². The van der Waals surface area contributed by atoms with E-state index >= 15 is 0 Å². The van der Waals surface area contributed by atoms with E-state index in [1.54, 1.807) is 36.4 Å². The Morgan fingerprint density at radius 3 is 1.97 bits per heavy atom. The molecule has 8 nitrogen and oxygen atoms in total. The third-order valence-corrected chi connectivity index (χ3v) is 7.05. The lowest BCUT2D eigenvalue weighted by Crippen LogP contribution is -2.49. The van der Waals surface area contributed by atoms with Crippen molar-refractivity contribution in [1.82, 2.24) is 4.90 Å². The number of alkyl halides is 3. The van der Waals surface area contributed by atoms with Crippen LogP contribution in [-0.4, -0.2) is 41.3 Å². The van der Waals surface area contributed by atoms with Gasteiger partial charge in [-0.1, -0.05) is 42.5 Å². The van der Waals surface area contributed by atoms with Gasteiger partial charge < -0.3 is 25.4 Å². The van der Waals surface area contributed by atoms with E-state index in [0.29, 0.717) is 4.90 Å². The maximum absolute atomic E-state index is 14.1. The molecule has 2 aromatic carbocycles. The molecule has 1 aliphatic rings. The molecule has 182 valence electrons. The lowest BCUT2D eigenvalue weighted by molar-refractivity contribution is -0.133. The average molecular weight is 497 g/mol. The Bertz CT molecular complexity index is 1050. The number of halogens is 3. The molecule has 12 heteroatoms.